The molecule has 0 bridgehead atoms. The molecule has 2 aromatic rings. The van der Waals surface area contributed by atoms with Crippen LogP contribution in [0.2, 0.25) is 5.02 Å². The van der Waals surface area contributed by atoms with Crippen LogP contribution in [0.1, 0.15) is 12.6 Å². The largest absolute Gasteiger partial charge is 0.489 e. The molecule has 2 saturated heterocycles. The smallest absolute Gasteiger partial charge is 0.325 e. The molecule has 1 spiro atoms. The topological polar surface area (TPSA) is 61.8 Å². The number of amides is 2. The highest BCUT2D eigenvalue weighted by atomic mass is 35.5. The third-order valence-electron chi connectivity index (χ3n) is 5.75. The number of anilines is 2. The molecule has 1 atom stereocenters. The molecule has 7 nitrogen and oxygen atoms in total. The number of aromatic nitrogens is 2. The van der Waals surface area contributed by atoms with Crippen molar-refractivity contribution in [2.24, 2.45) is 5.41 Å². The molecule has 2 fully saturated rings. The van der Waals surface area contributed by atoms with E-state index in [0.717, 1.165) is 43.4 Å². The van der Waals surface area contributed by atoms with Gasteiger partial charge in [-0.1, -0.05) is 11.6 Å². The van der Waals surface area contributed by atoms with Crippen molar-refractivity contribution >= 4 is 29.1 Å². The molecule has 0 saturated carbocycles. The Kier molecular flexibility index (Phi) is 3.91. The number of rotatable bonds is 1. The number of ether oxygens (including phenoxy) is 1. The number of nitrogens with zero attached hydrogens (tertiary/aromatic N) is 5. The van der Waals surface area contributed by atoms with E-state index in [1.54, 1.807) is 24.5 Å². The van der Waals surface area contributed by atoms with Crippen LogP contribution in [0.3, 0.4) is 0 Å². The number of hydrogen-bond acceptors (Lipinski definition) is 5. The third-order valence-corrected chi connectivity index (χ3v) is 5.99. The van der Waals surface area contributed by atoms with Crippen LogP contribution in [0.15, 0.2) is 30.6 Å². The van der Waals surface area contributed by atoms with Gasteiger partial charge in [0.25, 0.3) is 0 Å². The molecule has 1 aromatic heterocycles. The number of halogens is 1. The van der Waals surface area contributed by atoms with Gasteiger partial charge >= 0.3 is 6.03 Å². The van der Waals surface area contributed by atoms with Gasteiger partial charge in [0.2, 0.25) is 0 Å². The fraction of sp³-hybridized carbons (Fsp3) is 0.450. The Hall–Kier alpha value is -2.54. The second-order valence-corrected chi connectivity index (χ2v) is 8.59. The molecular formula is C20H22ClN5O2. The predicted molar refractivity (Wildman–Crippen MR) is 107 cm³/mol. The van der Waals surface area contributed by atoms with Crippen LogP contribution in [0.4, 0.5) is 16.3 Å². The van der Waals surface area contributed by atoms with Gasteiger partial charge in [0.1, 0.15) is 18.2 Å². The zero-order valence-electron chi connectivity index (χ0n) is 15.9. The number of aryl methyl sites for hydroxylation is 1. The highest BCUT2D eigenvalue weighted by molar-refractivity contribution is 6.30. The van der Waals surface area contributed by atoms with Crippen molar-refractivity contribution in [1.29, 1.82) is 0 Å². The average Bonchev–Trinajstić information content (AvgIpc) is 2.59. The quantitative estimate of drug-likeness (QED) is 0.737. The highest BCUT2D eigenvalue weighted by Crippen LogP contribution is 2.43. The Morgan fingerprint density at radius 2 is 2.04 bits per heavy atom. The molecule has 2 amide bonds. The fourth-order valence-corrected chi connectivity index (χ4v) is 4.56. The monoisotopic (exact) mass is 399 g/mol. The van der Waals surface area contributed by atoms with Crippen LogP contribution in [-0.4, -0.2) is 59.7 Å². The van der Waals surface area contributed by atoms with E-state index in [1.807, 2.05) is 29.7 Å². The van der Waals surface area contributed by atoms with Gasteiger partial charge in [0.05, 0.1) is 23.6 Å². The lowest BCUT2D eigenvalue weighted by molar-refractivity contribution is 0.00853. The second-order valence-electron chi connectivity index (χ2n) is 8.16. The summed E-state index contributed by atoms with van der Waals surface area (Å²) < 4.78 is 5.76. The highest BCUT2D eigenvalue weighted by Gasteiger charge is 2.54. The summed E-state index contributed by atoms with van der Waals surface area (Å²) in [7, 11) is 0. The van der Waals surface area contributed by atoms with Gasteiger partial charge in [-0.2, -0.15) is 0 Å². The van der Waals surface area contributed by atoms with Crippen LogP contribution in [0.25, 0.3) is 0 Å². The maximum Gasteiger partial charge on any atom is 0.325 e. The maximum absolute atomic E-state index is 13.2. The van der Waals surface area contributed by atoms with Crippen molar-refractivity contribution < 1.29 is 9.53 Å². The van der Waals surface area contributed by atoms with Crippen LogP contribution in [-0.2, 0) is 0 Å². The minimum absolute atomic E-state index is 0.0156. The first-order chi connectivity index (χ1) is 13.4. The molecule has 5 rings (SSSR count). The Morgan fingerprint density at radius 3 is 2.79 bits per heavy atom. The summed E-state index contributed by atoms with van der Waals surface area (Å²) in [5, 5.41) is 0.609. The standard InChI is InChI=1S/C20H22ClN5O2/c1-13-6-22-7-18(23-13)24-9-20(10-24)11-25(12-20)19(27)26-14(2)8-28-17-5-15(21)3-4-16(17)26/h3-7,14H,8-12H2,1-2H3. The van der Waals surface area contributed by atoms with Crippen LogP contribution >= 0.6 is 11.6 Å². The second kappa shape index (κ2) is 6.24. The van der Waals surface area contributed by atoms with Crippen molar-refractivity contribution in [1.82, 2.24) is 14.9 Å². The molecule has 8 heteroatoms. The predicted octanol–water partition coefficient (Wildman–Crippen LogP) is 2.97. The van der Waals surface area contributed by atoms with Gasteiger partial charge < -0.3 is 14.5 Å². The zero-order chi connectivity index (χ0) is 19.5. The Morgan fingerprint density at radius 1 is 1.25 bits per heavy atom. The maximum atomic E-state index is 13.2. The lowest BCUT2D eigenvalue weighted by Gasteiger charge is -2.61. The molecule has 1 aromatic carbocycles. The van der Waals surface area contributed by atoms with Gasteiger partial charge in [-0.05, 0) is 26.0 Å². The van der Waals surface area contributed by atoms with Crippen LogP contribution in [0.5, 0.6) is 5.75 Å². The summed E-state index contributed by atoms with van der Waals surface area (Å²) in [4.78, 5) is 28.0. The van der Waals surface area contributed by atoms with E-state index in [9.17, 15) is 4.79 Å². The van der Waals surface area contributed by atoms with Crippen LogP contribution in [0, 0.1) is 12.3 Å². The minimum Gasteiger partial charge on any atom is -0.489 e. The summed E-state index contributed by atoms with van der Waals surface area (Å²) >= 11 is 6.07. The fourth-order valence-electron chi connectivity index (χ4n) is 4.40. The van der Waals surface area contributed by atoms with Gasteiger partial charge in [-0.3, -0.25) is 9.88 Å². The first-order valence-corrected chi connectivity index (χ1v) is 9.86. The van der Waals surface area contributed by atoms with E-state index in [0.29, 0.717) is 17.4 Å². The third kappa shape index (κ3) is 2.76. The Labute approximate surface area is 168 Å². The normalized spacial score (nSPS) is 22.2. The van der Waals surface area contributed by atoms with Crippen molar-refractivity contribution in [3.63, 3.8) is 0 Å². The average molecular weight is 400 g/mol. The van der Waals surface area contributed by atoms with E-state index >= 15 is 0 Å². The van der Waals surface area contributed by atoms with Gasteiger partial charge in [-0.25, -0.2) is 9.78 Å². The molecule has 3 aliphatic heterocycles. The Bertz CT molecular complexity index is 938. The van der Waals surface area contributed by atoms with E-state index < -0.39 is 0 Å². The number of carbonyl (C=O) groups is 1. The van der Waals surface area contributed by atoms with Gasteiger partial charge in [-0.15, -0.1) is 0 Å². The summed E-state index contributed by atoms with van der Waals surface area (Å²) in [5.41, 5.74) is 1.89. The number of fused-ring (bicyclic) bond motifs is 1. The van der Waals surface area contributed by atoms with Crippen molar-refractivity contribution in [2.75, 3.05) is 42.6 Å². The number of carbonyl (C=O) groups excluding carboxylic acids is 1. The summed E-state index contributed by atoms with van der Waals surface area (Å²) in [6, 6.07) is 5.46. The van der Waals surface area contributed by atoms with E-state index in [-0.39, 0.29) is 17.5 Å². The Balaban J connectivity index is 1.26. The SMILES string of the molecule is Cc1cncc(N2CC3(CN(C(=O)N4c5ccc(Cl)cc5OCC4C)C3)C2)n1. The van der Waals surface area contributed by atoms with E-state index in [2.05, 4.69) is 14.9 Å². The molecule has 0 radical (unpaired) electrons. The van der Waals surface area contributed by atoms with Crippen molar-refractivity contribution in [3.05, 3.63) is 41.3 Å². The molecule has 4 heterocycles. The van der Waals surface area contributed by atoms with Crippen molar-refractivity contribution in [2.45, 2.75) is 19.9 Å². The van der Waals surface area contributed by atoms with Gasteiger partial charge in [0.15, 0.2) is 0 Å². The lowest BCUT2D eigenvalue weighted by atomic mass is 9.73. The molecule has 1 unspecified atom stereocenters. The summed E-state index contributed by atoms with van der Waals surface area (Å²) in [5.74, 6) is 1.59. The first-order valence-electron chi connectivity index (χ1n) is 9.48. The lowest BCUT2D eigenvalue weighted by Crippen LogP contribution is -2.74. The number of likely N-dealkylation sites (tertiary alicyclic amines) is 1. The number of hydrogen-bond donors (Lipinski definition) is 0. The zero-order valence-corrected chi connectivity index (χ0v) is 16.7. The first kappa shape index (κ1) is 17.6. The van der Waals surface area contributed by atoms with E-state index in [1.165, 1.54) is 0 Å². The number of urea groups is 1. The summed E-state index contributed by atoms with van der Waals surface area (Å²) in [6.07, 6.45) is 3.57. The molecule has 0 N–H and O–H groups in total. The van der Waals surface area contributed by atoms with Crippen LogP contribution < -0.4 is 14.5 Å². The summed E-state index contributed by atoms with van der Waals surface area (Å²) in [6.45, 7) is 7.80. The van der Waals surface area contributed by atoms with Gasteiger partial charge in [0, 0.05) is 48.9 Å². The molecule has 146 valence electrons. The minimum atomic E-state index is -0.0156. The molecule has 3 aliphatic rings. The van der Waals surface area contributed by atoms with E-state index in [4.69, 9.17) is 16.3 Å². The molecule has 0 aliphatic carbocycles. The molecule has 28 heavy (non-hydrogen) atoms. The van der Waals surface area contributed by atoms with Crippen molar-refractivity contribution in [3.8, 4) is 5.75 Å². The number of benzene rings is 1. The molecular weight excluding hydrogens is 378 g/mol.